The van der Waals surface area contributed by atoms with Crippen molar-refractivity contribution in [1.29, 1.82) is 0 Å². The molecule has 0 unspecified atom stereocenters. The lowest BCUT2D eigenvalue weighted by molar-refractivity contribution is -0.131. The lowest BCUT2D eigenvalue weighted by Gasteiger charge is -2.06. The zero-order valence-corrected chi connectivity index (χ0v) is 14.0. The van der Waals surface area contributed by atoms with Crippen LogP contribution in [0.25, 0.3) is 10.8 Å². The van der Waals surface area contributed by atoms with E-state index in [9.17, 15) is 9.59 Å². The highest BCUT2D eigenvalue weighted by atomic mass is 32.2. The number of benzene rings is 3. The Kier molecular flexibility index (Phi) is 4.96. The maximum atomic E-state index is 12.0. The van der Waals surface area contributed by atoms with E-state index in [1.54, 1.807) is 24.3 Å². The molecule has 4 heteroatoms. The Bertz CT molecular complexity index is 885. The van der Waals surface area contributed by atoms with Gasteiger partial charge in [-0.1, -0.05) is 30.3 Å². The number of ether oxygens (including phenoxy) is 1. The van der Waals surface area contributed by atoms with E-state index in [0.29, 0.717) is 11.3 Å². The van der Waals surface area contributed by atoms with Crippen LogP contribution in [0, 0.1) is 0 Å². The van der Waals surface area contributed by atoms with E-state index in [1.807, 2.05) is 30.3 Å². The predicted octanol–water partition coefficient (Wildman–Crippen LogP) is 4.74. The molecule has 0 saturated carbocycles. The molecule has 0 atom stereocenters. The molecule has 0 amide bonds. The van der Waals surface area contributed by atoms with Crippen LogP contribution in [0.15, 0.2) is 71.6 Å². The molecule has 0 fully saturated rings. The first-order valence-electron chi connectivity index (χ1n) is 7.55. The topological polar surface area (TPSA) is 43.4 Å². The number of Topliss-reactive ketones (excluding diaryl/α,β-unsaturated/α-hetero) is 1. The lowest BCUT2D eigenvalue weighted by Crippen LogP contribution is -2.10. The zero-order chi connectivity index (χ0) is 16.9. The van der Waals surface area contributed by atoms with Gasteiger partial charge in [-0.25, -0.2) is 0 Å². The molecule has 120 valence electrons. The molecule has 0 bridgehead atoms. The highest BCUT2D eigenvalue weighted by Crippen LogP contribution is 2.24. The maximum absolute atomic E-state index is 12.0. The van der Waals surface area contributed by atoms with Crippen molar-refractivity contribution < 1.29 is 14.3 Å². The largest absolute Gasteiger partial charge is 0.426 e. The first kappa shape index (κ1) is 16.3. The molecule has 0 aromatic heterocycles. The minimum Gasteiger partial charge on any atom is -0.426 e. The van der Waals surface area contributed by atoms with Crippen LogP contribution < -0.4 is 4.74 Å². The van der Waals surface area contributed by atoms with Crippen LogP contribution in [0.4, 0.5) is 0 Å². The third-order valence-corrected chi connectivity index (χ3v) is 4.54. The SMILES string of the molecule is CC(=O)c1ccc(OC(=O)CSc2ccc3ccccc3c2)cc1. The fourth-order valence-electron chi connectivity index (χ4n) is 2.32. The van der Waals surface area contributed by atoms with Crippen LogP contribution in [0.5, 0.6) is 5.75 Å². The van der Waals surface area contributed by atoms with Gasteiger partial charge in [-0.3, -0.25) is 9.59 Å². The summed E-state index contributed by atoms with van der Waals surface area (Å²) in [5.74, 6) is 0.347. The third-order valence-electron chi connectivity index (χ3n) is 3.57. The molecule has 0 radical (unpaired) electrons. The van der Waals surface area contributed by atoms with E-state index in [0.717, 1.165) is 10.3 Å². The summed E-state index contributed by atoms with van der Waals surface area (Å²) in [6, 6.07) is 20.8. The fourth-order valence-corrected chi connectivity index (χ4v) is 3.04. The summed E-state index contributed by atoms with van der Waals surface area (Å²) in [5, 5.41) is 2.32. The molecule has 3 rings (SSSR count). The summed E-state index contributed by atoms with van der Waals surface area (Å²) in [6.07, 6.45) is 0. The number of rotatable bonds is 5. The molecule has 0 saturated heterocycles. The molecule has 0 N–H and O–H groups in total. The highest BCUT2D eigenvalue weighted by Gasteiger charge is 2.07. The number of hydrogen-bond acceptors (Lipinski definition) is 4. The van der Waals surface area contributed by atoms with Gasteiger partial charge in [0.1, 0.15) is 5.75 Å². The molecule has 0 spiro atoms. The lowest BCUT2D eigenvalue weighted by atomic mass is 10.1. The number of hydrogen-bond donors (Lipinski definition) is 0. The van der Waals surface area contributed by atoms with Gasteiger partial charge in [0.05, 0.1) is 5.75 Å². The number of carbonyl (C=O) groups excluding carboxylic acids is 2. The molecular weight excluding hydrogens is 320 g/mol. The average molecular weight is 336 g/mol. The molecule has 0 heterocycles. The monoisotopic (exact) mass is 336 g/mol. The molecule has 0 aliphatic carbocycles. The maximum Gasteiger partial charge on any atom is 0.321 e. The van der Waals surface area contributed by atoms with Gasteiger partial charge in [0.15, 0.2) is 5.78 Å². The molecule has 0 aliphatic rings. The average Bonchev–Trinajstić information content (AvgIpc) is 2.60. The second-order valence-electron chi connectivity index (χ2n) is 5.35. The summed E-state index contributed by atoms with van der Waals surface area (Å²) in [7, 11) is 0. The van der Waals surface area contributed by atoms with Gasteiger partial charge in [0.25, 0.3) is 0 Å². The van der Waals surface area contributed by atoms with E-state index in [2.05, 4.69) is 12.1 Å². The highest BCUT2D eigenvalue weighted by molar-refractivity contribution is 8.00. The Labute approximate surface area is 144 Å². The zero-order valence-electron chi connectivity index (χ0n) is 13.2. The van der Waals surface area contributed by atoms with Crippen molar-refractivity contribution in [3.05, 3.63) is 72.3 Å². The van der Waals surface area contributed by atoms with Gasteiger partial charge >= 0.3 is 5.97 Å². The standard InChI is InChI=1S/C20H16O3S/c1-14(21)15-6-9-18(10-7-15)23-20(22)13-24-19-11-8-16-4-2-3-5-17(16)12-19/h2-12H,13H2,1H3. The van der Waals surface area contributed by atoms with Crippen LogP contribution in [-0.2, 0) is 4.79 Å². The van der Waals surface area contributed by atoms with Crippen LogP contribution in [0.1, 0.15) is 17.3 Å². The Morgan fingerprint density at radius 1 is 0.917 bits per heavy atom. The summed E-state index contributed by atoms with van der Waals surface area (Å²) in [5.41, 5.74) is 0.598. The van der Waals surface area contributed by atoms with Crippen molar-refractivity contribution in [1.82, 2.24) is 0 Å². The second kappa shape index (κ2) is 7.32. The molecule has 0 aliphatic heterocycles. The first-order valence-corrected chi connectivity index (χ1v) is 8.54. The quantitative estimate of drug-likeness (QED) is 0.292. The first-order chi connectivity index (χ1) is 11.6. The van der Waals surface area contributed by atoms with Crippen LogP contribution in [0.3, 0.4) is 0 Å². The van der Waals surface area contributed by atoms with Crippen LogP contribution >= 0.6 is 11.8 Å². The van der Waals surface area contributed by atoms with E-state index < -0.39 is 0 Å². The summed E-state index contributed by atoms with van der Waals surface area (Å²) < 4.78 is 5.29. The number of thioether (sulfide) groups is 1. The van der Waals surface area contributed by atoms with Crippen molar-refractivity contribution >= 4 is 34.3 Å². The van der Waals surface area contributed by atoms with Crippen LogP contribution in [0.2, 0.25) is 0 Å². The Morgan fingerprint density at radius 3 is 2.33 bits per heavy atom. The molecule has 3 aromatic rings. The molecular formula is C20H16O3S. The Balaban J connectivity index is 1.59. The van der Waals surface area contributed by atoms with Gasteiger partial charge < -0.3 is 4.74 Å². The van der Waals surface area contributed by atoms with Crippen molar-refractivity contribution in [3.63, 3.8) is 0 Å². The van der Waals surface area contributed by atoms with E-state index in [-0.39, 0.29) is 17.5 Å². The summed E-state index contributed by atoms with van der Waals surface area (Å²) in [6.45, 7) is 1.50. The Hall–Kier alpha value is -2.59. The van der Waals surface area contributed by atoms with Crippen LogP contribution in [-0.4, -0.2) is 17.5 Å². The van der Waals surface area contributed by atoms with Gasteiger partial charge in [0.2, 0.25) is 0 Å². The van der Waals surface area contributed by atoms with Gasteiger partial charge in [-0.05, 0) is 54.1 Å². The van der Waals surface area contributed by atoms with E-state index in [1.165, 1.54) is 24.1 Å². The normalized spacial score (nSPS) is 10.5. The number of esters is 1. The van der Waals surface area contributed by atoms with E-state index in [4.69, 9.17) is 4.74 Å². The van der Waals surface area contributed by atoms with Crippen molar-refractivity contribution in [2.75, 3.05) is 5.75 Å². The summed E-state index contributed by atoms with van der Waals surface area (Å²) in [4.78, 5) is 24.2. The third kappa shape index (κ3) is 4.03. The Morgan fingerprint density at radius 2 is 1.62 bits per heavy atom. The van der Waals surface area contributed by atoms with E-state index >= 15 is 0 Å². The minimum atomic E-state index is -0.316. The predicted molar refractivity (Wildman–Crippen MR) is 96.8 cm³/mol. The van der Waals surface area contributed by atoms with Crippen molar-refractivity contribution in [3.8, 4) is 5.75 Å². The van der Waals surface area contributed by atoms with Gasteiger partial charge in [0, 0.05) is 10.5 Å². The molecule has 24 heavy (non-hydrogen) atoms. The number of fused-ring (bicyclic) bond motifs is 1. The smallest absolute Gasteiger partial charge is 0.321 e. The van der Waals surface area contributed by atoms with Crippen molar-refractivity contribution in [2.45, 2.75) is 11.8 Å². The molecule has 3 nitrogen and oxygen atoms in total. The molecule has 3 aromatic carbocycles. The number of carbonyl (C=O) groups is 2. The van der Waals surface area contributed by atoms with Crippen molar-refractivity contribution in [2.24, 2.45) is 0 Å². The minimum absolute atomic E-state index is 0.0141. The van der Waals surface area contributed by atoms with Gasteiger partial charge in [-0.2, -0.15) is 0 Å². The number of ketones is 1. The summed E-state index contributed by atoms with van der Waals surface area (Å²) >= 11 is 1.44. The fraction of sp³-hybridized carbons (Fsp3) is 0.100. The van der Waals surface area contributed by atoms with Gasteiger partial charge in [-0.15, -0.1) is 11.8 Å². The second-order valence-corrected chi connectivity index (χ2v) is 6.40.